The van der Waals surface area contributed by atoms with E-state index in [0.717, 1.165) is 24.4 Å². The van der Waals surface area contributed by atoms with E-state index in [2.05, 4.69) is 68.8 Å². The number of benzene rings is 4. The molecule has 0 radical (unpaired) electrons. The van der Waals surface area contributed by atoms with Crippen LogP contribution >= 0.6 is 75.3 Å². The average molecular weight is 822 g/mol. The van der Waals surface area contributed by atoms with Crippen molar-refractivity contribution in [2.24, 2.45) is 5.10 Å². The van der Waals surface area contributed by atoms with E-state index in [4.69, 9.17) is 25.7 Å². The normalized spacial score (nSPS) is 11.6. The van der Waals surface area contributed by atoms with Crippen LogP contribution in [0.2, 0.25) is 5.02 Å². The number of hydrogen-bond acceptors (Lipinski definition) is 5. The molecule has 6 aromatic rings. The fourth-order valence-corrected chi connectivity index (χ4v) is 6.74. The molecule has 0 atom stereocenters. The minimum absolute atomic E-state index is 0.264. The fraction of sp³-hybridized carbons (Fsp3) is 0.0333. The molecule has 0 aliphatic heterocycles. The predicted molar refractivity (Wildman–Crippen MR) is 177 cm³/mol. The number of halogens is 5. The second-order valence-electron chi connectivity index (χ2n) is 8.94. The molecule has 0 N–H and O–H groups in total. The van der Waals surface area contributed by atoms with Crippen LogP contribution in [0.3, 0.4) is 0 Å². The second kappa shape index (κ2) is 11.9. The van der Waals surface area contributed by atoms with E-state index in [1.165, 1.54) is 10.9 Å². The van der Waals surface area contributed by atoms with E-state index in [1.54, 1.807) is 30.3 Å². The van der Waals surface area contributed by atoms with E-state index in [-0.39, 0.29) is 18.0 Å². The van der Waals surface area contributed by atoms with Crippen molar-refractivity contribution in [1.29, 1.82) is 0 Å². The van der Waals surface area contributed by atoms with Crippen molar-refractivity contribution >= 4 is 103 Å². The van der Waals surface area contributed by atoms with Crippen LogP contribution in [0.4, 0.5) is 0 Å². The third-order valence-corrected chi connectivity index (χ3v) is 8.72. The maximum atomic E-state index is 13.7. The number of ether oxygens (including phenoxy) is 1. The molecular formula is C30H16Br4ClN3O3. The van der Waals surface area contributed by atoms with Crippen molar-refractivity contribution in [3.8, 4) is 17.3 Å². The quantitative estimate of drug-likeness (QED) is 0.157. The molecule has 204 valence electrons. The average Bonchev–Trinajstić information content (AvgIpc) is 3.36. The van der Waals surface area contributed by atoms with Gasteiger partial charge in [-0.15, -0.1) is 0 Å². The Labute approximate surface area is 272 Å². The van der Waals surface area contributed by atoms with Gasteiger partial charge in [0.15, 0.2) is 5.76 Å². The highest BCUT2D eigenvalue weighted by molar-refractivity contribution is 9.11. The maximum Gasteiger partial charge on any atom is 0.282 e. The first-order valence-corrected chi connectivity index (χ1v) is 15.6. The van der Waals surface area contributed by atoms with Gasteiger partial charge >= 0.3 is 0 Å². The number of hydrogen-bond donors (Lipinski definition) is 0. The summed E-state index contributed by atoms with van der Waals surface area (Å²) in [4.78, 5) is 18.4. The molecule has 2 aromatic heterocycles. The lowest BCUT2D eigenvalue weighted by molar-refractivity contribution is 0.303. The van der Waals surface area contributed by atoms with Crippen LogP contribution in [0.15, 0.2) is 111 Å². The monoisotopic (exact) mass is 817 g/mol. The first kappa shape index (κ1) is 28.4. The Morgan fingerprint density at radius 2 is 1.71 bits per heavy atom. The largest absolute Gasteiger partial charge is 0.487 e. The standard InChI is InChI=1S/C30H16Br4ClN3O3/c31-19-7-8-26-17(9-19)11-27(41-26)29-37-25-4-2-1-3-22(25)30(39)38(29)36-14-18-10-21(35)13-24(34)28(18)40-15-16-5-6-20(32)12-23(16)33/h1-14H,15H2. The maximum absolute atomic E-state index is 13.7. The summed E-state index contributed by atoms with van der Waals surface area (Å²) >= 11 is 20.5. The van der Waals surface area contributed by atoms with Crippen molar-refractivity contribution in [3.63, 3.8) is 0 Å². The zero-order chi connectivity index (χ0) is 28.7. The van der Waals surface area contributed by atoms with Gasteiger partial charge in [-0.05, 0) is 76.6 Å². The van der Waals surface area contributed by atoms with Crippen LogP contribution < -0.4 is 10.3 Å². The Morgan fingerprint density at radius 3 is 2.54 bits per heavy atom. The molecule has 0 amide bonds. The van der Waals surface area contributed by atoms with Crippen LogP contribution in [0.5, 0.6) is 5.75 Å². The molecule has 0 aliphatic rings. The second-order valence-corrected chi connectivity index (χ2v) is 12.9. The summed E-state index contributed by atoms with van der Waals surface area (Å²) in [6.07, 6.45) is 1.53. The lowest BCUT2D eigenvalue weighted by Gasteiger charge is -2.13. The molecule has 6 rings (SSSR count). The summed E-state index contributed by atoms with van der Waals surface area (Å²) in [5.41, 5.74) is 2.37. The third kappa shape index (κ3) is 5.94. The van der Waals surface area contributed by atoms with Gasteiger partial charge in [-0.25, -0.2) is 4.98 Å². The minimum atomic E-state index is -0.342. The van der Waals surface area contributed by atoms with E-state index >= 15 is 0 Å². The number of nitrogens with zero attached hydrogens (tertiary/aromatic N) is 3. The SMILES string of the molecule is O=c1c2ccccc2nc(-c2cc3cc(Br)ccc3o2)n1N=Cc1cc(Cl)cc(Br)c1OCc1ccc(Br)cc1Br. The summed E-state index contributed by atoms with van der Waals surface area (Å²) in [5, 5.41) is 6.35. The topological polar surface area (TPSA) is 69.6 Å². The molecule has 0 bridgehead atoms. The molecule has 0 saturated carbocycles. The third-order valence-electron chi connectivity index (χ3n) is 6.19. The highest BCUT2D eigenvalue weighted by Gasteiger charge is 2.17. The van der Waals surface area contributed by atoms with Gasteiger partial charge in [0, 0.05) is 35.0 Å². The molecule has 0 spiro atoms. The summed E-state index contributed by atoms with van der Waals surface area (Å²) in [5.74, 6) is 1.19. The lowest BCUT2D eigenvalue weighted by atomic mass is 10.2. The number of para-hydroxylation sites is 1. The highest BCUT2D eigenvalue weighted by atomic mass is 79.9. The Bertz CT molecular complexity index is 2060. The summed E-state index contributed by atoms with van der Waals surface area (Å²) in [6.45, 7) is 0.284. The lowest BCUT2D eigenvalue weighted by Crippen LogP contribution is -2.20. The molecule has 41 heavy (non-hydrogen) atoms. The smallest absolute Gasteiger partial charge is 0.282 e. The number of aromatic nitrogens is 2. The van der Waals surface area contributed by atoms with Gasteiger partial charge in [-0.3, -0.25) is 4.79 Å². The predicted octanol–water partition coefficient (Wildman–Crippen LogP) is 9.97. The zero-order valence-electron chi connectivity index (χ0n) is 20.7. The van der Waals surface area contributed by atoms with Crippen LogP contribution in [0, 0.1) is 0 Å². The molecule has 2 heterocycles. The van der Waals surface area contributed by atoms with E-state index in [9.17, 15) is 4.79 Å². The van der Waals surface area contributed by atoms with Crippen LogP contribution in [0.25, 0.3) is 33.5 Å². The van der Waals surface area contributed by atoms with Gasteiger partial charge < -0.3 is 9.15 Å². The summed E-state index contributed by atoms with van der Waals surface area (Å²) in [7, 11) is 0. The fourth-order valence-electron chi connectivity index (χ4n) is 4.25. The molecule has 6 nitrogen and oxygen atoms in total. The first-order valence-electron chi connectivity index (χ1n) is 12.1. The van der Waals surface area contributed by atoms with Gasteiger partial charge in [0.2, 0.25) is 5.82 Å². The van der Waals surface area contributed by atoms with E-state index < -0.39 is 0 Å². The Morgan fingerprint density at radius 1 is 0.927 bits per heavy atom. The van der Waals surface area contributed by atoms with Crippen LogP contribution in [-0.2, 0) is 6.61 Å². The van der Waals surface area contributed by atoms with Crippen molar-refractivity contribution < 1.29 is 9.15 Å². The van der Waals surface area contributed by atoms with Gasteiger partial charge in [-0.1, -0.05) is 77.6 Å². The molecule has 0 fully saturated rings. The van der Waals surface area contributed by atoms with Crippen molar-refractivity contribution in [2.45, 2.75) is 6.61 Å². The number of furan rings is 1. The van der Waals surface area contributed by atoms with E-state index in [1.807, 2.05) is 48.5 Å². The highest BCUT2D eigenvalue weighted by Crippen LogP contribution is 2.34. The molecular weight excluding hydrogens is 805 g/mol. The van der Waals surface area contributed by atoms with Crippen molar-refractivity contribution in [2.75, 3.05) is 0 Å². The molecule has 11 heteroatoms. The van der Waals surface area contributed by atoms with Gasteiger partial charge in [0.05, 0.1) is 21.6 Å². The molecule has 0 saturated heterocycles. The van der Waals surface area contributed by atoms with Gasteiger partial charge in [-0.2, -0.15) is 9.78 Å². The van der Waals surface area contributed by atoms with Gasteiger partial charge in [0.1, 0.15) is 17.9 Å². The minimum Gasteiger partial charge on any atom is -0.487 e. The number of fused-ring (bicyclic) bond motifs is 2. The molecule has 0 aliphatic carbocycles. The van der Waals surface area contributed by atoms with Crippen LogP contribution in [0.1, 0.15) is 11.1 Å². The Kier molecular flexibility index (Phi) is 8.20. The number of rotatable bonds is 6. The Balaban J connectivity index is 1.46. The zero-order valence-corrected chi connectivity index (χ0v) is 27.8. The van der Waals surface area contributed by atoms with Crippen molar-refractivity contribution in [3.05, 3.63) is 123 Å². The van der Waals surface area contributed by atoms with Crippen molar-refractivity contribution in [1.82, 2.24) is 9.66 Å². The Hall–Kier alpha value is -2.76. The first-order chi connectivity index (χ1) is 19.8. The molecule has 0 unspecified atom stereocenters. The summed E-state index contributed by atoms with van der Waals surface area (Å²) < 4.78 is 17.0. The van der Waals surface area contributed by atoms with E-state index in [0.29, 0.717) is 43.1 Å². The van der Waals surface area contributed by atoms with Crippen LogP contribution in [-0.4, -0.2) is 15.9 Å². The molecule has 4 aromatic carbocycles. The van der Waals surface area contributed by atoms with Gasteiger partial charge in [0.25, 0.3) is 5.56 Å². The summed E-state index contributed by atoms with van der Waals surface area (Å²) in [6, 6.07) is 24.0.